The van der Waals surface area contributed by atoms with Crippen LogP contribution in [0.15, 0.2) is 10.7 Å². The summed E-state index contributed by atoms with van der Waals surface area (Å²) in [7, 11) is 1.61. The molecule has 2 rings (SSSR count). The van der Waals surface area contributed by atoms with Gasteiger partial charge >= 0.3 is 0 Å². The first-order valence-corrected chi connectivity index (χ1v) is 6.96. The summed E-state index contributed by atoms with van der Waals surface area (Å²) in [5.41, 5.74) is 5.81. The predicted molar refractivity (Wildman–Crippen MR) is 74.8 cm³/mol. The van der Waals surface area contributed by atoms with Crippen LogP contribution in [0.25, 0.3) is 0 Å². The first kappa shape index (κ1) is 13.5. The van der Waals surface area contributed by atoms with Crippen LogP contribution in [0.2, 0.25) is 0 Å². The summed E-state index contributed by atoms with van der Waals surface area (Å²) in [5, 5.41) is 0. The van der Waals surface area contributed by atoms with Gasteiger partial charge in [0.05, 0.1) is 17.8 Å². The predicted octanol–water partition coefficient (Wildman–Crippen LogP) is 1.67. The molecular weight excluding hydrogens is 296 g/mol. The third-order valence-electron chi connectivity index (χ3n) is 3.59. The van der Waals surface area contributed by atoms with E-state index in [1.807, 2.05) is 0 Å². The van der Waals surface area contributed by atoms with Crippen LogP contribution in [0.5, 0.6) is 5.88 Å². The highest BCUT2D eigenvalue weighted by Crippen LogP contribution is 2.28. The minimum Gasteiger partial charge on any atom is -0.480 e. The summed E-state index contributed by atoms with van der Waals surface area (Å²) in [5.74, 6) is 2.48. The molecule has 2 unspecified atom stereocenters. The van der Waals surface area contributed by atoms with Gasteiger partial charge in [0.15, 0.2) is 0 Å². The van der Waals surface area contributed by atoms with E-state index in [4.69, 9.17) is 10.5 Å². The third kappa shape index (κ3) is 2.75. The fraction of sp³-hybridized carbons (Fsp3) is 0.667. The van der Waals surface area contributed by atoms with Crippen molar-refractivity contribution in [2.75, 3.05) is 31.6 Å². The van der Waals surface area contributed by atoms with Crippen molar-refractivity contribution in [3.8, 4) is 5.88 Å². The number of halogens is 1. The fourth-order valence-corrected chi connectivity index (χ4v) is 2.63. The molecule has 18 heavy (non-hydrogen) atoms. The molecule has 0 saturated carbocycles. The SMILES string of the molecule is COc1nc(N2CCC(C)C(CN)C2)ncc1Br. The number of piperidine rings is 1. The fourth-order valence-electron chi connectivity index (χ4n) is 2.28. The highest BCUT2D eigenvalue weighted by Gasteiger charge is 2.26. The van der Waals surface area contributed by atoms with Gasteiger partial charge in [-0.25, -0.2) is 4.98 Å². The number of aromatic nitrogens is 2. The van der Waals surface area contributed by atoms with E-state index in [2.05, 4.69) is 37.7 Å². The second-order valence-electron chi connectivity index (χ2n) is 4.73. The normalized spacial score (nSPS) is 24.1. The number of hydrogen-bond donors (Lipinski definition) is 1. The van der Waals surface area contributed by atoms with Crippen molar-refractivity contribution in [1.82, 2.24) is 9.97 Å². The van der Waals surface area contributed by atoms with Crippen molar-refractivity contribution in [2.24, 2.45) is 17.6 Å². The minimum atomic E-state index is 0.511. The first-order chi connectivity index (χ1) is 8.65. The maximum Gasteiger partial charge on any atom is 0.232 e. The van der Waals surface area contributed by atoms with E-state index < -0.39 is 0 Å². The van der Waals surface area contributed by atoms with E-state index >= 15 is 0 Å². The van der Waals surface area contributed by atoms with Gasteiger partial charge in [-0.05, 0) is 40.7 Å². The van der Waals surface area contributed by atoms with Gasteiger partial charge in [-0.1, -0.05) is 6.92 Å². The summed E-state index contributed by atoms with van der Waals surface area (Å²) in [6.07, 6.45) is 2.86. The number of nitrogens with zero attached hydrogens (tertiary/aromatic N) is 3. The molecule has 1 aliphatic heterocycles. The van der Waals surface area contributed by atoms with Crippen molar-refractivity contribution in [2.45, 2.75) is 13.3 Å². The third-order valence-corrected chi connectivity index (χ3v) is 4.14. The molecule has 5 nitrogen and oxygen atoms in total. The van der Waals surface area contributed by atoms with Crippen LogP contribution in [-0.4, -0.2) is 36.7 Å². The van der Waals surface area contributed by atoms with E-state index in [-0.39, 0.29) is 0 Å². The lowest BCUT2D eigenvalue weighted by Crippen LogP contribution is -2.43. The Bertz CT molecular complexity index is 415. The lowest BCUT2D eigenvalue weighted by atomic mass is 9.87. The summed E-state index contributed by atoms with van der Waals surface area (Å²) in [6, 6.07) is 0. The maximum absolute atomic E-state index is 5.81. The zero-order chi connectivity index (χ0) is 13.1. The maximum atomic E-state index is 5.81. The Balaban J connectivity index is 2.16. The Hall–Kier alpha value is -0.880. The Morgan fingerprint density at radius 1 is 1.61 bits per heavy atom. The zero-order valence-corrected chi connectivity index (χ0v) is 12.4. The molecule has 0 aromatic carbocycles. The number of hydrogen-bond acceptors (Lipinski definition) is 5. The van der Waals surface area contributed by atoms with E-state index in [0.29, 0.717) is 24.3 Å². The van der Waals surface area contributed by atoms with Gasteiger partial charge in [-0.2, -0.15) is 4.98 Å². The molecule has 0 radical (unpaired) electrons. The second-order valence-corrected chi connectivity index (χ2v) is 5.59. The van der Waals surface area contributed by atoms with Crippen molar-refractivity contribution in [1.29, 1.82) is 0 Å². The standard InChI is InChI=1S/C12H19BrN4O/c1-8-3-4-17(7-9(8)5-14)12-15-6-10(13)11(16-12)18-2/h6,8-9H,3-5,7,14H2,1-2H3. The average Bonchev–Trinajstić information content (AvgIpc) is 2.40. The van der Waals surface area contributed by atoms with Gasteiger partial charge in [0.1, 0.15) is 0 Å². The van der Waals surface area contributed by atoms with Crippen LogP contribution in [0.4, 0.5) is 5.95 Å². The van der Waals surface area contributed by atoms with E-state index in [1.165, 1.54) is 0 Å². The molecule has 2 N–H and O–H groups in total. The van der Waals surface area contributed by atoms with Crippen molar-refractivity contribution < 1.29 is 4.74 Å². The van der Waals surface area contributed by atoms with Crippen molar-refractivity contribution >= 4 is 21.9 Å². The molecular formula is C12H19BrN4O. The number of methoxy groups -OCH3 is 1. The molecule has 1 fully saturated rings. The molecule has 1 aromatic rings. The summed E-state index contributed by atoms with van der Waals surface area (Å²) < 4.78 is 5.97. The van der Waals surface area contributed by atoms with Gasteiger partial charge in [0, 0.05) is 13.1 Å². The van der Waals surface area contributed by atoms with Crippen LogP contribution in [0.1, 0.15) is 13.3 Å². The van der Waals surface area contributed by atoms with Gasteiger partial charge in [0.25, 0.3) is 0 Å². The summed E-state index contributed by atoms with van der Waals surface area (Å²) >= 11 is 3.36. The lowest BCUT2D eigenvalue weighted by Gasteiger charge is -2.36. The molecule has 1 aromatic heterocycles. The molecule has 0 spiro atoms. The number of anilines is 1. The van der Waals surface area contributed by atoms with Crippen LogP contribution in [0, 0.1) is 11.8 Å². The molecule has 0 bridgehead atoms. The number of ether oxygens (including phenoxy) is 1. The van der Waals surface area contributed by atoms with Crippen LogP contribution in [-0.2, 0) is 0 Å². The Morgan fingerprint density at radius 2 is 2.39 bits per heavy atom. The van der Waals surface area contributed by atoms with Crippen LogP contribution < -0.4 is 15.4 Å². The smallest absolute Gasteiger partial charge is 0.232 e. The van der Waals surface area contributed by atoms with Crippen LogP contribution in [0.3, 0.4) is 0 Å². The molecule has 1 aliphatic rings. The number of rotatable bonds is 3. The van der Waals surface area contributed by atoms with E-state index in [1.54, 1.807) is 13.3 Å². The summed E-state index contributed by atoms with van der Waals surface area (Å²) in [4.78, 5) is 11.0. The highest BCUT2D eigenvalue weighted by molar-refractivity contribution is 9.10. The Kier molecular flexibility index (Phi) is 4.40. The lowest BCUT2D eigenvalue weighted by molar-refractivity contribution is 0.304. The van der Waals surface area contributed by atoms with Crippen molar-refractivity contribution in [3.05, 3.63) is 10.7 Å². The topological polar surface area (TPSA) is 64.3 Å². The van der Waals surface area contributed by atoms with Crippen molar-refractivity contribution in [3.63, 3.8) is 0 Å². The van der Waals surface area contributed by atoms with E-state index in [0.717, 1.165) is 29.9 Å². The second kappa shape index (κ2) is 5.84. The molecule has 0 aliphatic carbocycles. The zero-order valence-electron chi connectivity index (χ0n) is 10.8. The highest BCUT2D eigenvalue weighted by atomic mass is 79.9. The minimum absolute atomic E-state index is 0.511. The average molecular weight is 315 g/mol. The Morgan fingerprint density at radius 3 is 3.06 bits per heavy atom. The molecule has 2 heterocycles. The van der Waals surface area contributed by atoms with Gasteiger partial charge in [0.2, 0.25) is 11.8 Å². The molecule has 0 amide bonds. The molecule has 100 valence electrons. The van der Waals surface area contributed by atoms with Gasteiger partial charge < -0.3 is 15.4 Å². The van der Waals surface area contributed by atoms with Gasteiger partial charge in [-0.15, -0.1) is 0 Å². The quantitative estimate of drug-likeness (QED) is 0.919. The Labute approximate surface area is 116 Å². The number of nitrogens with two attached hydrogens (primary N) is 1. The molecule has 1 saturated heterocycles. The monoisotopic (exact) mass is 314 g/mol. The molecule has 2 atom stereocenters. The first-order valence-electron chi connectivity index (χ1n) is 6.17. The summed E-state index contributed by atoms with van der Waals surface area (Å²) in [6.45, 7) is 4.87. The van der Waals surface area contributed by atoms with Crippen LogP contribution >= 0.6 is 15.9 Å². The van der Waals surface area contributed by atoms with Gasteiger partial charge in [-0.3, -0.25) is 0 Å². The molecule has 6 heteroatoms. The van der Waals surface area contributed by atoms with E-state index in [9.17, 15) is 0 Å². The largest absolute Gasteiger partial charge is 0.480 e.